The zero-order valence-corrected chi connectivity index (χ0v) is 9.71. The molecule has 14 heavy (non-hydrogen) atoms. The van der Waals surface area contributed by atoms with Crippen LogP contribution in [0.1, 0.15) is 18.5 Å². The van der Waals surface area contributed by atoms with Gasteiger partial charge in [0.15, 0.2) is 0 Å². The summed E-state index contributed by atoms with van der Waals surface area (Å²) in [5.74, 6) is 1.05. The molecule has 0 saturated heterocycles. The van der Waals surface area contributed by atoms with Crippen molar-refractivity contribution in [1.29, 1.82) is 0 Å². The molecule has 0 radical (unpaired) electrons. The van der Waals surface area contributed by atoms with Crippen molar-refractivity contribution in [3.8, 4) is 0 Å². The van der Waals surface area contributed by atoms with Crippen LogP contribution in [0.3, 0.4) is 0 Å². The van der Waals surface area contributed by atoms with E-state index in [1.807, 2.05) is 24.3 Å². The first kappa shape index (κ1) is 13.8. The molecule has 1 aromatic rings. The molecule has 1 aromatic carbocycles. The normalized spacial score (nSPS) is 11.9. The third kappa shape index (κ3) is 3.86. The molecule has 0 spiro atoms. The fourth-order valence-corrected chi connectivity index (χ4v) is 1.73. The van der Waals surface area contributed by atoms with E-state index in [2.05, 4.69) is 6.92 Å². The lowest BCUT2D eigenvalue weighted by Gasteiger charge is -2.07. The van der Waals surface area contributed by atoms with Crippen LogP contribution in [0.2, 0.25) is 0 Å². The standard InChI is InChI=1S/C10H14FNS.ClH/c1-2-13-9-5-3-8(4-6-9)10(12)7-11;/h3-6,10H,2,7,12H2,1H3;1H/t10-;/m0./s1. The van der Waals surface area contributed by atoms with Crippen LogP contribution in [0.4, 0.5) is 4.39 Å². The molecule has 0 heterocycles. The van der Waals surface area contributed by atoms with E-state index in [4.69, 9.17) is 5.73 Å². The Morgan fingerprint density at radius 1 is 1.36 bits per heavy atom. The highest BCUT2D eigenvalue weighted by atomic mass is 35.5. The highest BCUT2D eigenvalue weighted by Gasteiger charge is 2.03. The van der Waals surface area contributed by atoms with E-state index in [9.17, 15) is 4.39 Å². The molecule has 0 aliphatic rings. The molecule has 0 fully saturated rings. The minimum absolute atomic E-state index is 0. The number of thioether (sulfide) groups is 1. The van der Waals surface area contributed by atoms with Gasteiger partial charge in [0.2, 0.25) is 0 Å². The van der Waals surface area contributed by atoms with Crippen molar-refractivity contribution < 1.29 is 4.39 Å². The van der Waals surface area contributed by atoms with Gasteiger partial charge in [-0.1, -0.05) is 19.1 Å². The Labute approximate surface area is 94.7 Å². The van der Waals surface area contributed by atoms with Gasteiger partial charge >= 0.3 is 0 Å². The lowest BCUT2D eigenvalue weighted by Crippen LogP contribution is -2.11. The lowest BCUT2D eigenvalue weighted by molar-refractivity contribution is 0.437. The third-order valence-corrected chi connectivity index (χ3v) is 2.68. The summed E-state index contributed by atoms with van der Waals surface area (Å²) in [6, 6.07) is 7.28. The fourth-order valence-electron chi connectivity index (χ4n) is 1.07. The molecule has 0 bridgehead atoms. The lowest BCUT2D eigenvalue weighted by atomic mass is 10.1. The third-order valence-electron chi connectivity index (χ3n) is 1.79. The molecule has 1 atom stereocenters. The summed E-state index contributed by atoms with van der Waals surface area (Å²) >= 11 is 1.77. The first-order valence-corrected chi connectivity index (χ1v) is 5.30. The predicted octanol–water partition coefficient (Wildman–Crippen LogP) is 3.19. The van der Waals surface area contributed by atoms with Gasteiger partial charge < -0.3 is 5.73 Å². The van der Waals surface area contributed by atoms with Crippen LogP contribution in [0.5, 0.6) is 0 Å². The number of rotatable bonds is 4. The van der Waals surface area contributed by atoms with Gasteiger partial charge in [0.1, 0.15) is 6.67 Å². The molecule has 0 amide bonds. The second-order valence-corrected chi connectivity index (χ2v) is 4.10. The Balaban J connectivity index is 0.00000169. The first-order chi connectivity index (χ1) is 6.27. The molecule has 0 aliphatic carbocycles. The van der Waals surface area contributed by atoms with E-state index in [0.29, 0.717) is 0 Å². The molecule has 0 aliphatic heterocycles. The van der Waals surface area contributed by atoms with Crippen LogP contribution in [-0.2, 0) is 0 Å². The average molecular weight is 236 g/mol. The van der Waals surface area contributed by atoms with Crippen molar-refractivity contribution in [1.82, 2.24) is 0 Å². The largest absolute Gasteiger partial charge is 0.322 e. The maximum atomic E-state index is 12.2. The molecule has 1 nitrogen and oxygen atoms in total. The second-order valence-electron chi connectivity index (χ2n) is 2.76. The van der Waals surface area contributed by atoms with E-state index in [1.165, 1.54) is 4.90 Å². The average Bonchev–Trinajstić information content (AvgIpc) is 2.18. The summed E-state index contributed by atoms with van der Waals surface area (Å²) in [6.45, 7) is 1.60. The van der Waals surface area contributed by atoms with Gasteiger partial charge in [-0.3, -0.25) is 0 Å². The summed E-state index contributed by atoms with van der Waals surface area (Å²) in [4.78, 5) is 1.21. The molecule has 80 valence electrons. The van der Waals surface area contributed by atoms with Crippen molar-refractivity contribution >= 4 is 24.2 Å². The molecule has 0 aromatic heterocycles. The zero-order chi connectivity index (χ0) is 9.68. The van der Waals surface area contributed by atoms with Crippen LogP contribution in [0, 0.1) is 0 Å². The van der Waals surface area contributed by atoms with Crippen LogP contribution in [-0.4, -0.2) is 12.4 Å². The minimum atomic E-state index is -0.500. The van der Waals surface area contributed by atoms with Gasteiger partial charge in [-0.15, -0.1) is 24.2 Å². The highest BCUT2D eigenvalue weighted by Crippen LogP contribution is 2.19. The van der Waals surface area contributed by atoms with E-state index in [-0.39, 0.29) is 12.4 Å². The number of alkyl halides is 1. The second kappa shape index (κ2) is 7.10. The topological polar surface area (TPSA) is 26.0 Å². The van der Waals surface area contributed by atoms with Crippen LogP contribution < -0.4 is 5.73 Å². The molecule has 0 unspecified atom stereocenters. The fraction of sp³-hybridized carbons (Fsp3) is 0.400. The number of benzene rings is 1. The maximum absolute atomic E-state index is 12.2. The summed E-state index contributed by atoms with van der Waals surface area (Å²) in [6.07, 6.45) is 0. The predicted molar refractivity (Wildman–Crippen MR) is 63.0 cm³/mol. The van der Waals surface area contributed by atoms with Gasteiger partial charge in [0, 0.05) is 4.90 Å². The van der Waals surface area contributed by atoms with Crippen molar-refractivity contribution in [2.24, 2.45) is 5.73 Å². The Morgan fingerprint density at radius 2 is 1.93 bits per heavy atom. The van der Waals surface area contributed by atoms with E-state index in [0.717, 1.165) is 11.3 Å². The van der Waals surface area contributed by atoms with Crippen molar-refractivity contribution in [2.75, 3.05) is 12.4 Å². The molecule has 2 N–H and O–H groups in total. The summed E-state index contributed by atoms with van der Waals surface area (Å²) in [7, 11) is 0. The first-order valence-electron chi connectivity index (χ1n) is 4.32. The Hall–Kier alpha value is -0.250. The molecule has 4 heteroatoms. The number of halogens is 2. The van der Waals surface area contributed by atoms with Crippen LogP contribution >= 0.6 is 24.2 Å². The maximum Gasteiger partial charge on any atom is 0.109 e. The van der Waals surface area contributed by atoms with E-state index in [1.54, 1.807) is 11.8 Å². The van der Waals surface area contributed by atoms with E-state index < -0.39 is 12.7 Å². The SMILES string of the molecule is CCSc1ccc([C@@H](N)CF)cc1.Cl. The molecule has 0 saturated carbocycles. The monoisotopic (exact) mass is 235 g/mol. The van der Waals surface area contributed by atoms with Gasteiger partial charge in [0.05, 0.1) is 6.04 Å². The minimum Gasteiger partial charge on any atom is -0.322 e. The summed E-state index contributed by atoms with van der Waals surface area (Å²) in [5.41, 5.74) is 6.40. The molecular formula is C10H15ClFNS. The summed E-state index contributed by atoms with van der Waals surface area (Å²) < 4.78 is 12.2. The van der Waals surface area contributed by atoms with Gasteiger partial charge in [-0.2, -0.15) is 0 Å². The number of hydrogen-bond acceptors (Lipinski definition) is 2. The van der Waals surface area contributed by atoms with E-state index >= 15 is 0 Å². The Kier molecular flexibility index (Phi) is 6.97. The zero-order valence-electron chi connectivity index (χ0n) is 8.07. The smallest absolute Gasteiger partial charge is 0.109 e. The number of hydrogen-bond donors (Lipinski definition) is 1. The molecule has 1 rings (SSSR count). The highest BCUT2D eigenvalue weighted by molar-refractivity contribution is 7.99. The van der Waals surface area contributed by atoms with Crippen LogP contribution in [0.25, 0.3) is 0 Å². The van der Waals surface area contributed by atoms with Gasteiger partial charge in [0.25, 0.3) is 0 Å². The van der Waals surface area contributed by atoms with Gasteiger partial charge in [-0.05, 0) is 23.4 Å². The summed E-state index contributed by atoms with van der Waals surface area (Å²) in [5, 5.41) is 0. The number of nitrogens with two attached hydrogens (primary N) is 1. The van der Waals surface area contributed by atoms with Gasteiger partial charge in [-0.25, -0.2) is 4.39 Å². The Morgan fingerprint density at radius 3 is 2.36 bits per heavy atom. The van der Waals surface area contributed by atoms with Crippen molar-refractivity contribution in [2.45, 2.75) is 17.9 Å². The van der Waals surface area contributed by atoms with Crippen molar-refractivity contribution in [3.05, 3.63) is 29.8 Å². The molecular weight excluding hydrogens is 221 g/mol. The quantitative estimate of drug-likeness (QED) is 0.812. The van der Waals surface area contributed by atoms with Crippen LogP contribution in [0.15, 0.2) is 29.2 Å². The van der Waals surface area contributed by atoms with Crippen molar-refractivity contribution in [3.63, 3.8) is 0 Å². The Bertz CT molecular complexity index is 253.